The van der Waals surface area contributed by atoms with Gasteiger partial charge in [-0.3, -0.25) is 9.59 Å². The molecule has 0 aliphatic carbocycles. The third kappa shape index (κ3) is 3.14. The number of nitrogens with zero attached hydrogens (tertiary/aromatic N) is 2. The number of hydrogen-bond acceptors (Lipinski definition) is 5. The van der Waals surface area contributed by atoms with E-state index < -0.39 is 21.8 Å². The summed E-state index contributed by atoms with van der Waals surface area (Å²) in [5, 5.41) is 0. The molecule has 1 aromatic carbocycles. The molecule has 0 N–H and O–H groups in total. The number of sulfonamides is 1. The topological polar surface area (TPSA) is 87.9 Å². The SMILES string of the molecule is CC1CS(=O)(=O)N(c2cccc(C(=O)N3CCC(c4ccco4)C3)c2)C1=O. The smallest absolute Gasteiger partial charge is 0.253 e. The maximum absolute atomic E-state index is 12.9. The third-order valence-electron chi connectivity index (χ3n) is 5.11. The van der Waals surface area contributed by atoms with Crippen molar-refractivity contribution in [3.05, 3.63) is 54.0 Å². The van der Waals surface area contributed by atoms with Gasteiger partial charge in [0, 0.05) is 24.6 Å². The number of carbonyl (C=O) groups excluding carboxylic acids is 2. The van der Waals surface area contributed by atoms with E-state index in [2.05, 4.69) is 0 Å². The molecular formula is C19H20N2O5S. The van der Waals surface area contributed by atoms with Gasteiger partial charge < -0.3 is 9.32 Å². The fraction of sp³-hybridized carbons (Fsp3) is 0.368. The van der Waals surface area contributed by atoms with Crippen LogP contribution in [0.1, 0.15) is 35.4 Å². The van der Waals surface area contributed by atoms with Gasteiger partial charge in [-0.05, 0) is 36.8 Å². The lowest BCUT2D eigenvalue weighted by molar-refractivity contribution is -0.119. The van der Waals surface area contributed by atoms with Gasteiger partial charge in [0.25, 0.3) is 5.91 Å². The number of rotatable bonds is 3. The summed E-state index contributed by atoms with van der Waals surface area (Å²) in [6.45, 7) is 2.74. The predicted molar refractivity (Wildman–Crippen MR) is 98.8 cm³/mol. The van der Waals surface area contributed by atoms with E-state index in [-0.39, 0.29) is 23.3 Å². The number of furan rings is 1. The molecule has 142 valence electrons. The highest BCUT2D eigenvalue weighted by Crippen LogP contribution is 2.31. The fourth-order valence-corrected chi connectivity index (χ4v) is 5.55. The highest BCUT2D eigenvalue weighted by Gasteiger charge is 2.42. The number of carbonyl (C=O) groups is 2. The monoisotopic (exact) mass is 388 g/mol. The van der Waals surface area contributed by atoms with E-state index in [1.807, 2.05) is 12.1 Å². The molecule has 2 atom stereocenters. The summed E-state index contributed by atoms with van der Waals surface area (Å²) in [5.41, 5.74) is 0.590. The van der Waals surface area contributed by atoms with Crippen LogP contribution in [0.2, 0.25) is 0 Å². The van der Waals surface area contributed by atoms with Crippen molar-refractivity contribution in [3.8, 4) is 0 Å². The Kier molecular flexibility index (Phi) is 4.30. The molecule has 2 unspecified atom stereocenters. The van der Waals surface area contributed by atoms with E-state index >= 15 is 0 Å². The van der Waals surface area contributed by atoms with Gasteiger partial charge >= 0.3 is 0 Å². The Morgan fingerprint density at radius 1 is 1.22 bits per heavy atom. The highest BCUT2D eigenvalue weighted by molar-refractivity contribution is 7.94. The predicted octanol–water partition coefficient (Wildman–Crippen LogP) is 2.22. The molecule has 1 aromatic heterocycles. The summed E-state index contributed by atoms with van der Waals surface area (Å²) < 4.78 is 30.8. The zero-order chi connectivity index (χ0) is 19.2. The number of benzene rings is 1. The van der Waals surface area contributed by atoms with Crippen molar-refractivity contribution < 1.29 is 22.4 Å². The summed E-state index contributed by atoms with van der Waals surface area (Å²) in [4.78, 5) is 26.9. The molecule has 0 saturated carbocycles. The van der Waals surface area contributed by atoms with Crippen molar-refractivity contribution in [2.24, 2.45) is 5.92 Å². The third-order valence-corrected chi connectivity index (χ3v) is 6.98. The van der Waals surface area contributed by atoms with Crippen molar-refractivity contribution >= 4 is 27.5 Å². The van der Waals surface area contributed by atoms with Crippen LogP contribution in [0, 0.1) is 5.92 Å². The van der Waals surface area contributed by atoms with Crippen LogP contribution in [0.25, 0.3) is 0 Å². The average molecular weight is 388 g/mol. The quantitative estimate of drug-likeness (QED) is 0.805. The molecule has 4 rings (SSSR count). The standard InChI is InChI=1S/C19H20N2O5S/c1-13-12-27(24,25)21(18(13)22)16-5-2-4-14(10-16)19(23)20-8-7-15(11-20)17-6-3-9-26-17/h2-6,9-10,13,15H,7-8,11-12H2,1H3. The van der Waals surface area contributed by atoms with Crippen molar-refractivity contribution in [3.63, 3.8) is 0 Å². The summed E-state index contributed by atoms with van der Waals surface area (Å²) in [6.07, 6.45) is 2.44. The summed E-state index contributed by atoms with van der Waals surface area (Å²) in [5.74, 6) is -0.403. The largest absolute Gasteiger partial charge is 0.469 e. The second-order valence-corrected chi connectivity index (χ2v) is 8.95. The van der Waals surface area contributed by atoms with Crippen molar-refractivity contribution in [1.82, 2.24) is 4.90 Å². The van der Waals surface area contributed by atoms with Gasteiger partial charge in [-0.2, -0.15) is 0 Å². The second kappa shape index (κ2) is 6.53. The first-order valence-electron chi connectivity index (χ1n) is 8.86. The molecule has 2 amide bonds. The van der Waals surface area contributed by atoms with Gasteiger partial charge in [-0.15, -0.1) is 0 Å². The highest BCUT2D eigenvalue weighted by atomic mass is 32.2. The lowest BCUT2D eigenvalue weighted by Crippen LogP contribution is -2.31. The lowest BCUT2D eigenvalue weighted by atomic mass is 10.1. The first-order valence-corrected chi connectivity index (χ1v) is 10.5. The van der Waals surface area contributed by atoms with Crippen LogP contribution in [-0.4, -0.2) is 44.0 Å². The molecular weight excluding hydrogens is 368 g/mol. The number of anilines is 1. The Hall–Kier alpha value is -2.61. The maximum Gasteiger partial charge on any atom is 0.253 e. The number of likely N-dealkylation sites (tertiary alicyclic amines) is 1. The van der Waals surface area contributed by atoms with E-state index in [0.29, 0.717) is 18.7 Å². The van der Waals surface area contributed by atoms with Crippen LogP contribution in [0.5, 0.6) is 0 Å². The summed E-state index contributed by atoms with van der Waals surface area (Å²) >= 11 is 0. The summed E-state index contributed by atoms with van der Waals surface area (Å²) in [7, 11) is -3.69. The van der Waals surface area contributed by atoms with E-state index in [9.17, 15) is 18.0 Å². The fourth-order valence-electron chi connectivity index (χ4n) is 3.74. The van der Waals surface area contributed by atoms with Gasteiger partial charge in [0.1, 0.15) is 5.76 Å². The first-order chi connectivity index (χ1) is 12.9. The van der Waals surface area contributed by atoms with Crippen LogP contribution in [0.4, 0.5) is 5.69 Å². The van der Waals surface area contributed by atoms with Crippen LogP contribution in [0.15, 0.2) is 47.1 Å². The summed E-state index contributed by atoms with van der Waals surface area (Å²) in [6, 6.07) is 10.0. The van der Waals surface area contributed by atoms with Crippen LogP contribution in [0.3, 0.4) is 0 Å². The van der Waals surface area contributed by atoms with Crippen molar-refractivity contribution in [2.45, 2.75) is 19.3 Å². The Morgan fingerprint density at radius 3 is 2.70 bits per heavy atom. The average Bonchev–Trinajstić information content (AvgIpc) is 3.35. The molecule has 7 nitrogen and oxygen atoms in total. The van der Waals surface area contributed by atoms with Crippen LogP contribution < -0.4 is 4.31 Å². The van der Waals surface area contributed by atoms with E-state index in [4.69, 9.17) is 4.42 Å². The number of hydrogen-bond donors (Lipinski definition) is 0. The maximum atomic E-state index is 12.9. The molecule has 3 heterocycles. The minimum atomic E-state index is -3.69. The molecule has 2 fully saturated rings. The number of amides is 2. The molecule has 2 aliphatic heterocycles. The Labute approximate surface area is 157 Å². The van der Waals surface area contributed by atoms with Gasteiger partial charge in [0.15, 0.2) is 0 Å². The van der Waals surface area contributed by atoms with Gasteiger partial charge in [0.2, 0.25) is 15.9 Å². The van der Waals surface area contributed by atoms with E-state index in [0.717, 1.165) is 16.5 Å². The molecule has 0 radical (unpaired) electrons. The van der Waals surface area contributed by atoms with Crippen LogP contribution >= 0.6 is 0 Å². The lowest BCUT2D eigenvalue weighted by Gasteiger charge is -2.19. The molecule has 2 saturated heterocycles. The van der Waals surface area contributed by atoms with Gasteiger partial charge in [0.05, 0.1) is 23.6 Å². The second-order valence-electron chi connectivity index (χ2n) is 7.08. The van der Waals surface area contributed by atoms with E-state index in [1.165, 1.54) is 6.07 Å². The van der Waals surface area contributed by atoms with Crippen molar-refractivity contribution in [2.75, 3.05) is 23.1 Å². The zero-order valence-corrected chi connectivity index (χ0v) is 15.7. The zero-order valence-electron chi connectivity index (χ0n) is 14.9. The minimum Gasteiger partial charge on any atom is -0.469 e. The molecule has 2 aromatic rings. The first kappa shape index (κ1) is 17.8. The van der Waals surface area contributed by atoms with Gasteiger partial charge in [-0.25, -0.2) is 12.7 Å². The molecule has 8 heteroatoms. The van der Waals surface area contributed by atoms with Gasteiger partial charge in [-0.1, -0.05) is 13.0 Å². The van der Waals surface area contributed by atoms with E-state index in [1.54, 1.807) is 36.3 Å². The van der Waals surface area contributed by atoms with Crippen LogP contribution in [-0.2, 0) is 14.8 Å². The normalized spacial score (nSPS) is 24.6. The Bertz CT molecular complexity index is 983. The molecule has 0 bridgehead atoms. The molecule has 27 heavy (non-hydrogen) atoms. The molecule has 0 spiro atoms. The van der Waals surface area contributed by atoms with Crippen molar-refractivity contribution in [1.29, 1.82) is 0 Å². The Balaban J connectivity index is 1.56. The minimum absolute atomic E-state index is 0.161. The Morgan fingerprint density at radius 2 is 2.04 bits per heavy atom. The molecule has 2 aliphatic rings.